The van der Waals surface area contributed by atoms with Crippen LogP contribution in [-0.4, -0.2) is 37.5 Å². The summed E-state index contributed by atoms with van der Waals surface area (Å²) in [7, 11) is 1.86. The molecule has 0 saturated heterocycles. The van der Waals surface area contributed by atoms with Crippen molar-refractivity contribution >= 4 is 5.91 Å². The van der Waals surface area contributed by atoms with Crippen LogP contribution in [0.1, 0.15) is 20.3 Å². The molecular weight excluding hydrogens is 140 g/mol. The maximum Gasteiger partial charge on any atom is 0.223 e. The Morgan fingerprint density at radius 2 is 1.91 bits per heavy atom. The third-order valence-corrected chi connectivity index (χ3v) is 1.71. The van der Waals surface area contributed by atoms with E-state index in [2.05, 4.69) is 5.32 Å². The quantitative estimate of drug-likeness (QED) is 0.630. The van der Waals surface area contributed by atoms with Crippen molar-refractivity contribution in [2.45, 2.75) is 20.3 Å². The van der Waals surface area contributed by atoms with Crippen LogP contribution in [0.25, 0.3) is 0 Å². The highest BCUT2D eigenvalue weighted by atomic mass is 16.2. The zero-order valence-electron chi connectivity index (χ0n) is 7.68. The monoisotopic (exact) mass is 158 g/mol. The molecule has 1 amide bonds. The van der Waals surface area contributed by atoms with Gasteiger partial charge in [0.15, 0.2) is 0 Å². The minimum Gasteiger partial charge on any atom is -0.343 e. The molecule has 0 spiro atoms. The second-order valence-corrected chi connectivity index (χ2v) is 2.42. The van der Waals surface area contributed by atoms with Gasteiger partial charge in [-0.2, -0.15) is 0 Å². The van der Waals surface area contributed by atoms with Gasteiger partial charge in [0.2, 0.25) is 5.91 Å². The van der Waals surface area contributed by atoms with E-state index in [4.69, 9.17) is 0 Å². The molecule has 0 saturated carbocycles. The van der Waals surface area contributed by atoms with Crippen molar-refractivity contribution in [3.05, 3.63) is 0 Å². The Morgan fingerprint density at radius 3 is 2.27 bits per heavy atom. The highest BCUT2D eigenvalue weighted by Crippen LogP contribution is 1.91. The molecule has 0 aliphatic carbocycles. The molecule has 11 heavy (non-hydrogen) atoms. The molecular formula is C8H18N2O. The molecule has 0 bridgehead atoms. The minimum atomic E-state index is 0.240. The molecule has 0 aromatic carbocycles. The topological polar surface area (TPSA) is 32.3 Å². The van der Waals surface area contributed by atoms with Crippen LogP contribution in [0.5, 0.6) is 0 Å². The molecule has 0 unspecified atom stereocenters. The van der Waals surface area contributed by atoms with Crippen LogP contribution in [-0.2, 0) is 4.79 Å². The van der Waals surface area contributed by atoms with Crippen LogP contribution in [0.15, 0.2) is 0 Å². The Bertz CT molecular complexity index is 111. The van der Waals surface area contributed by atoms with Gasteiger partial charge in [-0.3, -0.25) is 4.79 Å². The van der Waals surface area contributed by atoms with Gasteiger partial charge >= 0.3 is 0 Å². The lowest BCUT2D eigenvalue weighted by molar-refractivity contribution is -0.130. The molecule has 0 aromatic heterocycles. The fourth-order valence-corrected chi connectivity index (χ4v) is 0.966. The predicted molar refractivity (Wildman–Crippen MR) is 46.5 cm³/mol. The number of carbonyl (C=O) groups excluding carboxylic acids is 1. The van der Waals surface area contributed by atoms with Gasteiger partial charge in [-0.05, 0) is 20.9 Å². The Kier molecular flexibility index (Phi) is 5.84. The highest BCUT2D eigenvalue weighted by molar-refractivity contribution is 5.76. The number of nitrogens with zero attached hydrogens (tertiary/aromatic N) is 1. The van der Waals surface area contributed by atoms with Gasteiger partial charge in [0, 0.05) is 26.1 Å². The van der Waals surface area contributed by atoms with E-state index in [0.717, 1.165) is 19.6 Å². The van der Waals surface area contributed by atoms with Gasteiger partial charge in [0.05, 0.1) is 0 Å². The molecule has 3 heteroatoms. The van der Waals surface area contributed by atoms with Crippen LogP contribution in [0.3, 0.4) is 0 Å². The van der Waals surface area contributed by atoms with Crippen molar-refractivity contribution in [3.8, 4) is 0 Å². The van der Waals surface area contributed by atoms with E-state index >= 15 is 0 Å². The molecule has 0 fully saturated rings. The number of amides is 1. The maximum absolute atomic E-state index is 11.3. The average Bonchev–Trinajstić information content (AvgIpc) is 2.03. The van der Waals surface area contributed by atoms with Gasteiger partial charge in [0.25, 0.3) is 0 Å². The maximum atomic E-state index is 11.3. The molecule has 0 rings (SSSR count). The first-order valence-corrected chi connectivity index (χ1v) is 4.18. The Morgan fingerprint density at radius 1 is 1.36 bits per heavy atom. The standard InChI is InChI=1S/C8H18N2O/c1-4-10(5-2)8(11)6-7-9-3/h9H,4-7H2,1-3H3. The number of hydrogen-bond acceptors (Lipinski definition) is 2. The van der Waals surface area contributed by atoms with Gasteiger partial charge in [-0.25, -0.2) is 0 Å². The first kappa shape index (κ1) is 10.4. The van der Waals surface area contributed by atoms with Crippen molar-refractivity contribution < 1.29 is 4.79 Å². The fourth-order valence-electron chi connectivity index (χ4n) is 0.966. The third kappa shape index (κ3) is 3.98. The molecule has 1 N–H and O–H groups in total. The molecule has 66 valence electrons. The average molecular weight is 158 g/mol. The van der Waals surface area contributed by atoms with Crippen LogP contribution in [0.2, 0.25) is 0 Å². The van der Waals surface area contributed by atoms with E-state index in [1.165, 1.54) is 0 Å². The summed E-state index contributed by atoms with van der Waals surface area (Å²) in [4.78, 5) is 13.1. The predicted octanol–water partition coefficient (Wildman–Crippen LogP) is 0.464. The lowest BCUT2D eigenvalue weighted by Crippen LogP contribution is -2.32. The second-order valence-electron chi connectivity index (χ2n) is 2.42. The van der Waals surface area contributed by atoms with Crippen molar-refractivity contribution in [2.24, 2.45) is 0 Å². The zero-order chi connectivity index (χ0) is 8.69. The van der Waals surface area contributed by atoms with Gasteiger partial charge < -0.3 is 10.2 Å². The summed E-state index contributed by atoms with van der Waals surface area (Å²) in [5, 5.41) is 2.95. The summed E-state index contributed by atoms with van der Waals surface area (Å²) in [6.45, 7) is 6.41. The molecule has 0 atom stereocenters. The van der Waals surface area contributed by atoms with E-state index < -0.39 is 0 Å². The molecule has 0 radical (unpaired) electrons. The summed E-state index contributed by atoms with van der Waals surface area (Å²) in [6, 6.07) is 0. The largest absolute Gasteiger partial charge is 0.343 e. The second kappa shape index (κ2) is 6.16. The van der Waals surface area contributed by atoms with E-state index in [1.54, 1.807) is 0 Å². The lowest BCUT2D eigenvalue weighted by atomic mass is 10.3. The van der Waals surface area contributed by atoms with Gasteiger partial charge in [-0.15, -0.1) is 0 Å². The number of rotatable bonds is 5. The van der Waals surface area contributed by atoms with Gasteiger partial charge in [-0.1, -0.05) is 0 Å². The van der Waals surface area contributed by atoms with Crippen molar-refractivity contribution in [2.75, 3.05) is 26.7 Å². The molecule has 0 aliphatic heterocycles. The van der Waals surface area contributed by atoms with Crippen molar-refractivity contribution in [1.82, 2.24) is 10.2 Å². The van der Waals surface area contributed by atoms with Gasteiger partial charge in [0.1, 0.15) is 0 Å². The molecule has 0 heterocycles. The third-order valence-electron chi connectivity index (χ3n) is 1.71. The number of carbonyl (C=O) groups is 1. The smallest absolute Gasteiger partial charge is 0.223 e. The summed E-state index contributed by atoms with van der Waals surface area (Å²) < 4.78 is 0. The van der Waals surface area contributed by atoms with Crippen molar-refractivity contribution in [3.63, 3.8) is 0 Å². The van der Waals surface area contributed by atoms with E-state index in [1.807, 2.05) is 25.8 Å². The molecule has 0 aromatic rings. The fraction of sp³-hybridized carbons (Fsp3) is 0.875. The van der Waals surface area contributed by atoms with Crippen LogP contribution >= 0.6 is 0 Å². The Balaban J connectivity index is 3.61. The van der Waals surface area contributed by atoms with Crippen molar-refractivity contribution in [1.29, 1.82) is 0 Å². The summed E-state index contributed by atoms with van der Waals surface area (Å²) in [6.07, 6.45) is 0.609. The minimum absolute atomic E-state index is 0.240. The van der Waals surface area contributed by atoms with E-state index in [0.29, 0.717) is 6.42 Å². The zero-order valence-corrected chi connectivity index (χ0v) is 7.68. The molecule has 3 nitrogen and oxygen atoms in total. The van der Waals surface area contributed by atoms with Crippen LogP contribution in [0, 0.1) is 0 Å². The lowest BCUT2D eigenvalue weighted by Gasteiger charge is -2.18. The molecule has 0 aliphatic rings. The Labute approximate surface area is 68.8 Å². The summed E-state index contributed by atoms with van der Waals surface area (Å²) in [5.74, 6) is 0.240. The SMILES string of the molecule is CCN(CC)C(=O)CCNC. The first-order valence-electron chi connectivity index (χ1n) is 4.18. The van der Waals surface area contributed by atoms with Crippen LogP contribution in [0.4, 0.5) is 0 Å². The number of nitrogens with one attached hydrogen (secondary N) is 1. The van der Waals surface area contributed by atoms with E-state index in [9.17, 15) is 4.79 Å². The summed E-state index contributed by atoms with van der Waals surface area (Å²) >= 11 is 0. The van der Waals surface area contributed by atoms with Crippen LogP contribution < -0.4 is 5.32 Å². The first-order chi connectivity index (χ1) is 5.26. The van der Waals surface area contributed by atoms with E-state index in [-0.39, 0.29) is 5.91 Å². The normalized spacial score (nSPS) is 9.73. The highest BCUT2D eigenvalue weighted by Gasteiger charge is 2.06. The number of hydrogen-bond donors (Lipinski definition) is 1. The summed E-state index contributed by atoms with van der Waals surface area (Å²) in [5.41, 5.74) is 0. The Hall–Kier alpha value is -0.570.